The van der Waals surface area contributed by atoms with Crippen LogP contribution in [0.5, 0.6) is 0 Å². The summed E-state index contributed by atoms with van der Waals surface area (Å²) in [7, 11) is 1.93. The average Bonchev–Trinajstić information content (AvgIpc) is 2.39. The summed E-state index contributed by atoms with van der Waals surface area (Å²) >= 11 is 0. The average molecular weight is 268 g/mol. The molecule has 5 heteroatoms. The van der Waals surface area contributed by atoms with Crippen molar-refractivity contribution in [3.8, 4) is 0 Å². The molecule has 0 spiro atoms. The van der Waals surface area contributed by atoms with Crippen molar-refractivity contribution in [2.24, 2.45) is 0 Å². The Kier molecular flexibility index (Phi) is 4.47. The predicted molar refractivity (Wildman–Crippen MR) is 68.9 cm³/mol. The van der Waals surface area contributed by atoms with Crippen molar-refractivity contribution in [1.29, 1.82) is 0 Å². The highest BCUT2D eigenvalue weighted by atomic mass is 19.1. The van der Waals surface area contributed by atoms with Crippen molar-refractivity contribution in [2.45, 2.75) is 37.8 Å². The minimum atomic E-state index is -0.818. The second-order valence-corrected chi connectivity index (χ2v) is 4.93. The third kappa shape index (κ3) is 3.50. The van der Waals surface area contributed by atoms with Crippen LogP contribution in [0.2, 0.25) is 0 Å². The first-order chi connectivity index (χ1) is 9.10. The van der Waals surface area contributed by atoms with Gasteiger partial charge in [0.15, 0.2) is 0 Å². The highest BCUT2D eigenvalue weighted by Crippen LogP contribution is 2.19. The maximum absolute atomic E-state index is 13.5. The van der Waals surface area contributed by atoms with Gasteiger partial charge in [-0.15, -0.1) is 0 Å². The van der Waals surface area contributed by atoms with Gasteiger partial charge in [0, 0.05) is 18.2 Å². The van der Waals surface area contributed by atoms with Crippen LogP contribution in [0.25, 0.3) is 0 Å². The second-order valence-electron chi connectivity index (χ2n) is 4.93. The molecule has 1 aromatic carbocycles. The molecule has 1 saturated carbocycles. The fraction of sp³-hybridized carbons (Fsp3) is 0.500. The highest BCUT2D eigenvalue weighted by Gasteiger charge is 2.22. The largest absolute Gasteiger partial charge is 0.349 e. The topological polar surface area (TPSA) is 41.1 Å². The molecule has 0 radical (unpaired) electrons. The van der Waals surface area contributed by atoms with Crippen molar-refractivity contribution in [1.82, 2.24) is 10.6 Å². The molecule has 0 saturated heterocycles. The molecule has 19 heavy (non-hydrogen) atoms. The van der Waals surface area contributed by atoms with Crippen LogP contribution in [0.15, 0.2) is 18.2 Å². The standard InChI is InChI=1S/C14H18F2N2O/c1-17-10-3-5-11(6-4-10)18-14(19)12-7-2-9(15)8-13(12)16/h2,7-8,10-11,17H,3-6H2,1H3,(H,18,19). The number of hydrogen-bond donors (Lipinski definition) is 2. The van der Waals surface area contributed by atoms with Crippen LogP contribution >= 0.6 is 0 Å². The number of carbonyl (C=O) groups excluding carboxylic acids is 1. The predicted octanol–water partition coefficient (Wildman–Crippen LogP) is 2.23. The Morgan fingerprint density at radius 2 is 1.79 bits per heavy atom. The summed E-state index contributed by atoms with van der Waals surface area (Å²) in [4.78, 5) is 11.9. The molecule has 1 amide bonds. The van der Waals surface area contributed by atoms with Crippen LogP contribution in [-0.2, 0) is 0 Å². The first kappa shape index (κ1) is 13.9. The van der Waals surface area contributed by atoms with Gasteiger partial charge in [-0.05, 0) is 44.9 Å². The number of carbonyl (C=O) groups is 1. The van der Waals surface area contributed by atoms with E-state index in [1.807, 2.05) is 7.05 Å². The zero-order valence-electron chi connectivity index (χ0n) is 10.9. The Morgan fingerprint density at radius 1 is 1.16 bits per heavy atom. The Balaban J connectivity index is 1.94. The van der Waals surface area contributed by atoms with Crippen LogP contribution in [0.4, 0.5) is 8.78 Å². The molecule has 1 aromatic rings. The molecule has 0 bridgehead atoms. The minimum Gasteiger partial charge on any atom is -0.349 e. The summed E-state index contributed by atoms with van der Waals surface area (Å²) in [5.74, 6) is -1.96. The first-order valence-corrected chi connectivity index (χ1v) is 6.53. The molecule has 0 aromatic heterocycles. The molecule has 0 atom stereocenters. The number of hydrogen-bond acceptors (Lipinski definition) is 2. The van der Waals surface area contributed by atoms with Gasteiger partial charge in [0.2, 0.25) is 0 Å². The van der Waals surface area contributed by atoms with Crippen LogP contribution in [0, 0.1) is 11.6 Å². The third-order valence-electron chi connectivity index (χ3n) is 3.65. The summed E-state index contributed by atoms with van der Waals surface area (Å²) in [6.07, 6.45) is 3.74. The zero-order valence-corrected chi connectivity index (χ0v) is 10.9. The van der Waals surface area contributed by atoms with Gasteiger partial charge < -0.3 is 10.6 Å². The van der Waals surface area contributed by atoms with Crippen LogP contribution in [-0.4, -0.2) is 25.0 Å². The SMILES string of the molecule is CNC1CCC(NC(=O)c2ccc(F)cc2F)CC1. The highest BCUT2D eigenvalue weighted by molar-refractivity contribution is 5.94. The molecule has 0 unspecified atom stereocenters. The van der Waals surface area contributed by atoms with Crippen molar-refractivity contribution in [3.05, 3.63) is 35.4 Å². The van der Waals surface area contributed by atoms with Gasteiger partial charge in [-0.3, -0.25) is 4.79 Å². The molecular formula is C14H18F2N2O. The number of halogens is 2. The molecular weight excluding hydrogens is 250 g/mol. The molecule has 1 aliphatic carbocycles. The lowest BCUT2D eigenvalue weighted by atomic mass is 9.91. The van der Waals surface area contributed by atoms with E-state index < -0.39 is 17.5 Å². The molecule has 0 aliphatic heterocycles. The Bertz CT molecular complexity index is 457. The minimum absolute atomic E-state index is 0.0709. The number of amides is 1. The van der Waals surface area contributed by atoms with E-state index in [-0.39, 0.29) is 11.6 Å². The molecule has 1 fully saturated rings. The normalized spacial score (nSPS) is 23.1. The van der Waals surface area contributed by atoms with Crippen molar-refractivity contribution < 1.29 is 13.6 Å². The van der Waals surface area contributed by atoms with Gasteiger partial charge >= 0.3 is 0 Å². The van der Waals surface area contributed by atoms with Crippen molar-refractivity contribution >= 4 is 5.91 Å². The van der Waals surface area contributed by atoms with E-state index in [4.69, 9.17) is 0 Å². The van der Waals surface area contributed by atoms with E-state index in [2.05, 4.69) is 10.6 Å². The van der Waals surface area contributed by atoms with E-state index in [9.17, 15) is 13.6 Å². The number of rotatable bonds is 3. The maximum atomic E-state index is 13.5. The Labute approximate surface area is 111 Å². The monoisotopic (exact) mass is 268 g/mol. The summed E-state index contributed by atoms with van der Waals surface area (Å²) < 4.78 is 26.2. The van der Waals surface area contributed by atoms with Crippen LogP contribution < -0.4 is 10.6 Å². The first-order valence-electron chi connectivity index (χ1n) is 6.53. The molecule has 0 heterocycles. The quantitative estimate of drug-likeness (QED) is 0.882. The van der Waals surface area contributed by atoms with Gasteiger partial charge in [-0.1, -0.05) is 0 Å². The molecule has 104 valence electrons. The summed E-state index contributed by atoms with van der Waals surface area (Å²) in [6, 6.07) is 3.57. The van der Waals surface area contributed by atoms with E-state index >= 15 is 0 Å². The fourth-order valence-electron chi connectivity index (χ4n) is 2.46. The molecule has 1 aliphatic rings. The smallest absolute Gasteiger partial charge is 0.254 e. The molecule has 2 rings (SSSR count). The van der Waals surface area contributed by atoms with E-state index in [1.54, 1.807) is 0 Å². The van der Waals surface area contributed by atoms with Gasteiger partial charge in [0.25, 0.3) is 5.91 Å². The maximum Gasteiger partial charge on any atom is 0.254 e. The lowest BCUT2D eigenvalue weighted by Crippen LogP contribution is -2.41. The summed E-state index contributed by atoms with van der Waals surface area (Å²) in [5, 5.41) is 6.02. The van der Waals surface area contributed by atoms with E-state index in [0.29, 0.717) is 6.04 Å². The van der Waals surface area contributed by atoms with Gasteiger partial charge in [-0.25, -0.2) is 8.78 Å². The van der Waals surface area contributed by atoms with Crippen LogP contribution in [0.3, 0.4) is 0 Å². The Morgan fingerprint density at radius 3 is 2.37 bits per heavy atom. The van der Waals surface area contributed by atoms with E-state index in [1.165, 1.54) is 6.07 Å². The Hall–Kier alpha value is -1.49. The van der Waals surface area contributed by atoms with Crippen LogP contribution in [0.1, 0.15) is 36.0 Å². The van der Waals surface area contributed by atoms with Gasteiger partial charge in [-0.2, -0.15) is 0 Å². The fourth-order valence-corrected chi connectivity index (χ4v) is 2.46. The summed E-state index contributed by atoms with van der Waals surface area (Å²) in [5.41, 5.74) is -0.0999. The third-order valence-corrected chi connectivity index (χ3v) is 3.65. The van der Waals surface area contributed by atoms with Gasteiger partial charge in [0.05, 0.1) is 5.56 Å². The van der Waals surface area contributed by atoms with Crippen molar-refractivity contribution in [2.75, 3.05) is 7.05 Å². The lowest BCUT2D eigenvalue weighted by molar-refractivity contribution is 0.0920. The second kappa shape index (κ2) is 6.10. The van der Waals surface area contributed by atoms with Crippen molar-refractivity contribution in [3.63, 3.8) is 0 Å². The zero-order chi connectivity index (χ0) is 13.8. The number of nitrogens with one attached hydrogen (secondary N) is 2. The van der Waals surface area contributed by atoms with Gasteiger partial charge in [0.1, 0.15) is 11.6 Å². The lowest BCUT2D eigenvalue weighted by Gasteiger charge is -2.28. The summed E-state index contributed by atoms with van der Waals surface area (Å²) in [6.45, 7) is 0. The molecule has 2 N–H and O–H groups in total. The molecule has 3 nitrogen and oxygen atoms in total. The number of benzene rings is 1. The van der Waals surface area contributed by atoms with E-state index in [0.717, 1.165) is 37.8 Å².